The smallest absolute Gasteiger partial charge is 0.258 e. The zero-order valence-electron chi connectivity index (χ0n) is 10.4. The van der Waals surface area contributed by atoms with E-state index in [0.29, 0.717) is 0 Å². The van der Waals surface area contributed by atoms with Crippen molar-refractivity contribution in [2.24, 2.45) is 0 Å². The van der Waals surface area contributed by atoms with Gasteiger partial charge in [0.15, 0.2) is 0 Å². The van der Waals surface area contributed by atoms with Gasteiger partial charge in [-0.1, -0.05) is 34.1 Å². The topological polar surface area (TPSA) is 20.3 Å². The predicted octanol–water partition coefficient (Wildman–Crippen LogP) is 4.03. The van der Waals surface area contributed by atoms with Gasteiger partial charge in [-0.05, 0) is 42.8 Å². The second kappa shape index (κ2) is 5.36. The van der Waals surface area contributed by atoms with Gasteiger partial charge in [0.2, 0.25) is 0 Å². The van der Waals surface area contributed by atoms with Crippen LogP contribution in [-0.4, -0.2) is 13.0 Å². The normalized spacial score (nSPS) is 10.2. The van der Waals surface area contributed by atoms with Crippen LogP contribution >= 0.6 is 15.9 Å². The zero-order valence-corrected chi connectivity index (χ0v) is 11.9. The molecule has 0 saturated heterocycles. The van der Waals surface area contributed by atoms with E-state index < -0.39 is 0 Å². The summed E-state index contributed by atoms with van der Waals surface area (Å²) < 4.78 is 1.00. The molecule has 0 heterocycles. The van der Waals surface area contributed by atoms with Crippen molar-refractivity contribution in [3.05, 3.63) is 64.1 Å². The van der Waals surface area contributed by atoms with Crippen molar-refractivity contribution < 1.29 is 4.79 Å². The lowest BCUT2D eigenvalue weighted by atomic mass is 10.1. The van der Waals surface area contributed by atoms with E-state index in [-0.39, 0.29) is 5.91 Å². The summed E-state index contributed by atoms with van der Waals surface area (Å²) in [6.45, 7) is 1.95. The molecule has 18 heavy (non-hydrogen) atoms. The monoisotopic (exact) mass is 303 g/mol. The molecular weight excluding hydrogens is 290 g/mol. The summed E-state index contributed by atoms with van der Waals surface area (Å²) in [5.74, 6) is 0.00965. The third-order valence-corrected chi connectivity index (χ3v) is 3.42. The Morgan fingerprint density at radius 3 is 2.28 bits per heavy atom. The summed E-state index contributed by atoms with van der Waals surface area (Å²) in [6.07, 6.45) is 0. The molecule has 0 N–H and O–H groups in total. The maximum Gasteiger partial charge on any atom is 0.258 e. The quantitative estimate of drug-likeness (QED) is 0.820. The zero-order chi connectivity index (χ0) is 13.1. The van der Waals surface area contributed by atoms with E-state index in [2.05, 4.69) is 15.9 Å². The van der Waals surface area contributed by atoms with E-state index >= 15 is 0 Å². The number of hydrogen-bond acceptors (Lipinski definition) is 1. The van der Waals surface area contributed by atoms with Crippen LogP contribution in [0.4, 0.5) is 5.69 Å². The second-order valence-electron chi connectivity index (χ2n) is 4.16. The van der Waals surface area contributed by atoms with Crippen LogP contribution in [0.1, 0.15) is 15.9 Å². The third-order valence-electron chi connectivity index (χ3n) is 2.89. The van der Waals surface area contributed by atoms with Gasteiger partial charge in [0.05, 0.1) is 0 Å². The minimum Gasteiger partial charge on any atom is -0.311 e. The number of carbonyl (C=O) groups is 1. The Morgan fingerprint density at radius 2 is 1.67 bits per heavy atom. The lowest BCUT2D eigenvalue weighted by Crippen LogP contribution is -2.26. The maximum atomic E-state index is 12.4. The Hall–Kier alpha value is -1.61. The van der Waals surface area contributed by atoms with Crippen LogP contribution in [0.5, 0.6) is 0 Å². The van der Waals surface area contributed by atoms with Gasteiger partial charge in [-0.15, -0.1) is 0 Å². The summed E-state index contributed by atoms with van der Waals surface area (Å²) in [7, 11) is 1.79. The van der Waals surface area contributed by atoms with E-state index in [1.807, 2.05) is 55.5 Å². The molecule has 0 aliphatic carbocycles. The average Bonchev–Trinajstić information content (AvgIpc) is 2.38. The highest BCUT2D eigenvalue weighted by Gasteiger charge is 2.14. The Morgan fingerprint density at radius 1 is 1.06 bits per heavy atom. The van der Waals surface area contributed by atoms with Crippen LogP contribution in [0.15, 0.2) is 53.0 Å². The predicted molar refractivity (Wildman–Crippen MR) is 78.1 cm³/mol. The minimum absolute atomic E-state index is 0.00965. The Labute approximate surface area is 115 Å². The first kappa shape index (κ1) is 12.8. The fraction of sp³-hybridized carbons (Fsp3) is 0.133. The number of halogens is 1. The van der Waals surface area contributed by atoms with Crippen molar-refractivity contribution in [3.8, 4) is 0 Å². The highest BCUT2D eigenvalue weighted by molar-refractivity contribution is 9.10. The molecule has 0 atom stereocenters. The first-order valence-corrected chi connectivity index (χ1v) is 6.48. The highest BCUT2D eigenvalue weighted by Crippen LogP contribution is 2.20. The minimum atomic E-state index is 0.00965. The molecule has 2 aromatic rings. The van der Waals surface area contributed by atoms with Crippen LogP contribution in [0.25, 0.3) is 0 Å². The third kappa shape index (κ3) is 2.62. The molecule has 0 saturated carbocycles. The van der Waals surface area contributed by atoms with Crippen molar-refractivity contribution in [2.45, 2.75) is 6.92 Å². The Kier molecular flexibility index (Phi) is 3.82. The van der Waals surface area contributed by atoms with Crippen LogP contribution < -0.4 is 4.90 Å². The van der Waals surface area contributed by atoms with Crippen LogP contribution in [0, 0.1) is 6.92 Å². The van der Waals surface area contributed by atoms with Gasteiger partial charge in [-0.25, -0.2) is 0 Å². The highest BCUT2D eigenvalue weighted by atomic mass is 79.9. The lowest BCUT2D eigenvalue weighted by Gasteiger charge is -2.18. The van der Waals surface area contributed by atoms with Crippen LogP contribution in [0.2, 0.25) is 0 Å². The van der Waals surface area contributed by atoms with Crippen molar-refractivity contribution in [3.63, 3.8) is 0 Å². The molecule has 1 amide bonds. The van der Waals surface area contributed by atoms with Gasteiger partial charge in [-0.3, -0.25) is 4.79 Å². The molecule has 2 rings (SSSR count). The second-order valence-corrected chi connectivity index (χ2v) is 5.07. The molecule has 0 radical (unpaired) electrons. The van der Waals surface area contributed by atoms with Gasteiger partial charge in [0, 0.05) is 22.8 Å². The summed E-state index contributed by atoms with van der Waals surface area (Å²) in [4.78, 5) is 14.0. The Balaban J connectivity index is 2.29. The van der Waals surface area contributed by atoms with E-state index in [1.54, 1.807) is 11.9 Å². The van der Waals surface area contributed by atoms with Gasteiger partial charge < -0.3 is 4.90 Å². The number of nitrogens with zero attached hydrogens (tertiary/aromatic N) is 1. The number of amides is 1. The number of hydrogen-bond donors (Lipinski definition) is 0. The van der Waals surface area contributed by atoms with E-state index in [9.17, 15) is 4.79 Å². The number of rotatable bonds is 2. The van der Waals surface area contributed by atoms with Gasteiger partial charge in [0.1, 0.15) is 0 Å². The molecule has 0 unspecified atom stereocenters. The standard InChI is InChI=1S/C15H14BrNO/c1-11-5-3-4-6-14(11)15(18)17(2)13-9-7-12(16)8-10-13/h3-10H,1-2H3. The summed E-state index contributed by atoms with van der Waals surface area (Å²) in [5, 5.41) is 0. The van der Waals surface area contributed by atoms with Crippen LogP contribution in [0.3, 0.4) is 0 Å². The molecule has 3 heteroatoms. The van der Waals surface area contributed by atoms with Gasteiger partial charge in [-0.2, -0.15) is 0 Å². The van der Waals surface area contributed by atoms with E-state index in [4.69, 9.17) is 0 Å². The molecule has 2 nitrogen and oxygen atoms in total. The van der Waals surface area contributed by atoms with Gasteiger partial charge in [0.25, 0.3) is 5.91 Å². The molecule has 0 fully saturated rings. The van der Waals surface area contributed by atoms with E-state index in [0.717, 1.165) is 21.3 Å². The van der Waals surface area contributed by atoms with Crippen molar-refractivity contribution in [1.29, 1.82) is 0 Å². The first-order chi connectivity index (χ1) is 8.59. The molecule has 2 aromatic carbocycles. The molecule has 92 valence electrons. The largest absolute Gasteiger partial charge is 0.311 e. The summed E-state index contributed by atoms with van der Waals surface area (Å²) in [6, 6.07) is 15.3. The molecule has 0 aromatic heterocycles. The number of carbonyl (C=O) groups excluding carboxylic acids is 1. The molecule has 0 spiro atoms. The number of benzene rings is 2. The molecule has 0 aliphatic rings. The molecule has 0 bridgehead atoms. The first-order valence-electron chi connectivity index (χ1n) is 5.69. The Bertz CT molecular complexity index is 563. The van der Waals surface area contributed by atoms with E-state index in [1.165, 1.54) is 0 Å². The molecular formula is C15H14BrNO. The van der Waals surface area contributed by atoms with Crippen molar-refractivity contribution >= 4 is 27.5 Å². The lowest BCUT2D eigenvalue weighted by molar-refractivity contribution is 0.0992. The SMILES string of the molecule is Cc1ccccc1C(=O)N(C)c1ccc(Br)cc1. The summed E-state index contributed by atoms with van der Waals surface area (Å²) >= 11 is 3.38. The van der Waals surface area contributed by atoms with Crippen LogP contribution in [-0.2, 0) is 0 Å². The summed E-state index contributed by atoms with van der Waals surface area (Å²) in [5.41, 5.74) is 2.61. The fourth-order valence-electron chi connectivity index (χ4n) is 1.78. The maximum absolute atomic E-state index is 12.4. The van der Waals surface area contributed by atoms with Crippen molar-refractivity contribution in [2.75, 3.05) is 11.9 Å². The van der Waals surface area contributed by atoms with Crippen molar-refractivity contribution in [1.82, 2.24) is 0 Å². The fourth-order valence-corrected chi connectivity index (χ4v) is 2.04. The number of aryl methyl sites for hydroxylation is 1. The molecule has 0 aliphatic heterocycles. The number of anilines is 1. The van der Waals surface area contributed by atoms with Gasteiger partial charge >= 0.3 is 0 Å². The average molecular weight is 304 g/mol.